The molecule has 0 spiro atoms. The van der Waals surface area contributed by atoms with Gasteiger partial charge in [0.15, 0.2) is 0 Å². The third kappa shape index (κ3) is 2.61. The van der Waals surface area contributed by atoms with E-state index in [4.69, 9.17) is 4.74 Å². The van der Waals surface area contributed by atoms with Crippen molar-refractivity contribution in [1.29, 1.82) is 0 Å². The van der Waals surface area contributed by atoms with Crippen LogP contribution in [0.3, 0.4) is 0 Å². The molecule has 2 aliphatic heterocycles. The Morgan fingerprint density at radius 1 is 1.37 bits per heavy atom. The summed E-state index contributed by atoms with van der Waals surface area (Å²) in [4.78, 5) is 25.8. The fourth-order valence-corrected chi connectivity index (χ4v) is 3.31. The number of carboxylic acid groups (broad SMARTS) is 1. The van der Waals surface area contributed by atoms with Crippen molar-refractivity contribution < 1.29 is 19.4 Å². The number of carbonyl (C=O) groups excluding carboxylic acids is 1. The maximum Gasteiger partial charge on any atom is 0.329 e. The quantitative estimate of drug-likeness (QED) is 0.845. The molecule has 0 radical (unpaired) electrons. The summed E-state index contributed by atoms with van der Waals surface area (Å²) in [6, 6.07) is 0. The van der Waals surface area contributed by atoms with Crippen LogP contribution in [0.2, 0.25) is 0 Å². The van der Waals surface area contributed by atoms with Gasteiger partial charge in [0.1, 0.15) is 11.6 Å². The van der Waals surface area contributed by atoms with E-state index in [9.17, 15) is 14.7 Å². The lowest BCUT2D eigenvalue weighted by molar-refractivity contribution is -0.163. The van der Waals surface area contributed by atoms with Crippen LogP contribution in [0.25, 0.3) is 0 Å². The zero-order valence-electron chi connectivity index (χ0n) is 11.6. The van der Waals surface area contributed by atoms with Crippen LogP contribution >= 0.6 is 0 Å². The molecule has 2 aliphatic rings. The Hall–Kier alpha value is -1.10. The summed E-state index contributed by atoms with van der Waals surface area (Å²) in [5, 5.41) is 9.58. The smallest absolute Gasteiger partial charge is 0.329 e. The summed E-state index contributed by atoms with van der Waals surface area (Å²) < 4.78 is 5.52. The molecule has 0 aromatic rings. The minimum absolute atomic E-state index is 0.118. The van der Waals surface area contributed by atoms with E-state index in [1.807, 2.05) is 6.92 Å². The molecule has 5 nitrogen and oxygen atoms in total. The Labute approximate surface area is 113 Å². The Balaban J connectivity index is 2.16. The first kappa shape index (κ1) is 14.3. The second-order valence-corrected chi connectivity index (χ2v) is 5.54. The lowest BCUT2D eigenvalue weighted by Crippen LogP contribution is -2.56. The summed E-state index contributed by atoms with van der Waals surface area (Å²) in [5.74, 6) is -0.982. The van der Waals surface area contributed by atoms with E-state index in [0.29, 0.717) is 26.0 Å². The molecule has 1 amide bonds. The highest BCUT2D eigenvalue weighted by Gasteiger charge is 2.50. The van der Waals surface area contributed by atoms with Crippen LogP contribution < -0.4 is 0 Å². The predicted molar refractivity (Wildman–Crippen MR) is 69.8 cm³/mol. The van der Waals surface area contributed by atoms with Crippen molar-refractivity contribution in [2.24, 2.45) is 0 Å². The number of aliphatic carboxylic acids is 1. The van der Waals surface area contributed by atoms with Crippen molar-refractivity contribution in [3.63, 3.8) is 0 Å². The van der Waals surface area contributed by atoms with Gasteiger partial charge >= 0.3 is 5.97 Å². The van der Waals surface area contributed by atoms with Crippen LogP contribution in [0, 0.1) is 0 Å². The van der Waals surface area contributed by atoms with Gasteiger partial charge in [-0.25, -0.2) is 4.79 Å². The number of likely N-dealkylation sites (tertiary alicyclic amines) is 1. The Morgan fingerprint density at radius 2 is 2.16 bits per heavy atom. The summed E-state index contributed by atoms with van der Waals surface area (Å²) in [6.07, 6.45) is 4.89. The topological polar surface area (TPSA) is 66.8 Å². The normalized spacial score (nSPS) is 31.4. The average molecular weight is 269 g/mol. The predicted octanol–water partition coefficient (Wildman–Crippen LogP) is 1.80. The first-order valence-electron chi connectivity index (χ1n) is 7.28. The van der Waals surface area contributed by atoms with E-state index < -0.39 is 17.6 Å². The number of carbonyl (C=O) groups is 2. The highest BCUT2D eigenvalue weighted by atomic mass is 16.5. The molecule has 2 rings (SSSR count). The van der Waals surface area contributed by atoms with Crippen molar-refractivity contribution in [3.05, 3.63) is 0 Å². The molecule has 0 aromatic heterocycles. The van der Waals surface area contributed by atoms with Gasteiger partial charge in [0.25, 0.3) is 5.91 Å². The molecule has 0 aliphatic carbocycles. The molecule has 1 N–H and O–H groups in total. The van der Waals surface area contributed by atoms with Crippen LogP contribution in [0.1, 0.15) is 51.9 Å². The number of hydrogen-bond acceptors (Lipinski definition) is 3. The monoisotopic (exact) mass is 269 g/mol. The minimum atomic E-state index is -0.993. The van der Waals surface area contributed by atoms with Gasteiger partial charge in [-0.3, -0.25) is 4.79 Å². The molecule has 0 bridgehead atoms. The summed E-state index contributed by atoms with van der Waals surface area (Å²) in [7, 11) is 0. The third-order valence-corrected chi connectivity index (χ3v) is 4.27. The second kappa shape index (κ2) is 5.90. The van der Waals surface area contributed by atoms with E-state index in [-0.39, 0.29) is 5.91 Å². The molecule has 2 heterocycles. The fourth-order valence-electron chi connectivity index (χ4n) is 3.31. The highest BCUT2D eigenvalue weighted by Crippen LogP contribution is 2.35. The average Bonchev–Trinajstić information content (AvgIpc) is 2.84. The molecular weight excluding hydrogens is 246 g/mol. The Bertz CT molecular complexity index is 351. The largest absolute Gasteiger partial charge is 0.479 e. The first-order valence-corrected chi connectivity index (χ1v) is 7.28. The molecule has 2 atom stereocenters. The number of rotatable bonds is 4. The second-order valence-electron chi connectivity index (χ2n) is 5.54. The van der Waals surface area contributed by atoms with Crippen LogP contribution in [-0.2, 0) is 14.3 Å². The fraction of sp³-hybridized carbons (Fsp3) is 0.857. The van der Waals surface area contributed by atoms with Gasteiger partial charge in [-0.2, -0.15) is 0 Å². The van der Waals surface area contributed by atoms with Crippen molar-refractivity contribution in [2.45, 2.75) is 63.5 Å². The maximum absolute atomic E-state index is 12.5. The molecule has 0 aromatic carbocycles. The van der Waals surface area contributed by atoms with Crippen LogP contribution in [0.15, 0.2) is 0 Å². The zero-order valence-corrected chi connectivity index (χ0v) is 11.6. The van der Waals surface area contributed by atoms with E-state index >= 15 is 0 Å². The first-order chi connectivity index (χ1) is 9.12. The number of amides is 1. The molecular formula is C14H23NO4. The van der Waals surface area contributed by atoms with Crippen LogP contribution in [0.5, 0.6) is 0 Å². The van der Waals surface area contributed by atoms with Gasteiger partial charge in [0.05, 0.1) is 0 Å². The van der Waals surface area contributed by atoms with Gasteiger partial charge in [0, 0.05) is 13.2 Å². The van der Waals surface area contributed by atoms with Gasteiger partial charge in [0.2, 0.25) is 0 Å². The number of nitrogens with zero attached hydrogens (tertiary/aromatic N) is 1. The Morgan fingerprint density at radius 3 is 2.74 bits per heavy atom. The lowest BCUT2D eigenvalue weighted by Gasteiger charge is -2.37. The molecule has 2 unspecified atom stereocenters. The van der Waals surface area contributed by atoms with Gasteiger partial charge < -0.3 is 14.7 Å². The Kier molecular flexibility index (Phi) is 4.45. The van der Waals surface area contributed by atoms with E-state index in [1.54, 1.807) is 4.90 Å². The van der Waals surface area contributed by atoms with Crippen molar-refractivity contribution >= 4 is 11.9 Å². The number of carboxylic acids is 1. The highest BCUT2D eigenvalue weighted by molar-refractivity contribution is 5.90. The van der Waals surface area contributed by atoms with E-state index in [1.165, 1.54) is 0 Å². The zero-order chi connectivity index (χ0) is 13.9. The molecule has 5 heteroatoms. The van der Waals surface area contributed by atoms with Crippen LogP contribution in [0.4, 0.5) is 0 Å². The van der Waals surface area contributed by atoms with Crippen molar-refractivity contribution in [2.75, 3.05) is 13.2 Å². The van der Waals surface area contributed by atoms with Gasteiger partial charge in [-0.15, -0.1) is 0 Å². The third-order valence-electron chi connectivity index (χ3n) is 4.27. The maximum atomic E-state index is 12.5. The molecule has 19 heavy (non-hydrogen) atoms. The number of ether oxygens (including phenoxy) is 1. The summed E-state index contributed by atoms with van der Waals surface area (Å²) in [6.45, 7) is 3.12. The number of hydrogen-bond donors (Lipinski definition) is 1. The van der Waals surface area contributed by atoms with E-state index in [0.717, 1.165) is 32.1 Å². The minimum Gasteiger partial charge on any atom is -0.479 e. The van der Waals surface area contributed by atoms with Crippen molar-refractivity contribution in [1.82, 2.24) is 4.90 Å². The summed E-state index contributed by atoms with van der Waals surface area (Å²) in [5.41, 5.74) is -0.993. The molecule has 2 saturated heterocycles. The molecule has 2 fully saturated rings. The molecule has 0 saturated carbocycles. The SMILES string of the molecule is CCCC1(C(=O)O)CCCN1C(=O)C1CCCCO1. The lowest BCUT2D eigenvalue weighted by atomic mass is 9.90. The van der Waals surface area contributed by atoms with Gasteiger partial charge in [-0.05, 0) is 38.5 Å². The van der Waals surface area contributed by atoms with Crippen molar-refractivity contribution in [3.8, 4) is 0 Å². The van der Waals surface area contributed by atoms with E-state index in [2.05, 4.69) is 0 Å². The summed E-state index contributed by atoms with van der Waals surface area (Å²) >= 11 is 0. The van der Waals surface area contributed by atoms with Gasteiger partial charge in [-0.1, -0.05) is 13.3 Å². The van der Waals surface area contributed by atoms with Crippen LogP contribution in [-0.4, -0.2) is 46.7 Å². The molecule has 108 valence electrons. The standard InChI is InChI=1S/C14H23NO4/c1-2-7-14(13(17)18)8-5-9-15(14)12(16)11-6-3-4-10-19-11/h11H,2-10H2,1H3,(H,17,18).